The van der Waals surface area contributed by atoms with Crippen molar-refractivity contribution in [2.45, 2.75) is 13.5 Å². The third kappa shape index (κ3) is 3.26. The van der Waals surface area contributed by atoms with E-state index in [1.165, 1.54) is 18.3 Å². The zero-order valence-electron chi connectivity index (χ0n) is 9.32. The summed E-state index contributed by atoms with van der Waals surface area (Å²) in [4.78, 5) is 17.6. The molecule has 1 aliphatic heterocycles. The second kappa shape index (κ2) is 5.38. The first-order valence-electron chi connectivity index (χ1n) is 5.39. The van der Waals surface area contributed by atoms with Gasteiger partial charge in [-0.25, -0.2) is 4.98 Å². The molecular formula is C10H16N4OS. The van der Waals surface area contributed by atoms with Crippen molar-refractivity contribution in [2.24, 2.45) is 0 Å². The maximum atomic E-state index is 10.8. The molecule has 1 aliphatic rings. The lowest BCUT2D eigenvalue weighted by molar-refractivity contribution is -0.114. The lowest BCUT2D eigenvalue weighted by Gasteiger charge is -2.26. The molecule has 2 N–H and O–H groups in total. The van der Waals surface area contributed by atoms with E-state index in [1.807, 2.05) is 5.38 Å². The van der Waals surface area contributed by atoms with E-state index in [0.29, 0.717) is 5.13 Å². The number of rotatable bonds is 3. The fourth-order valence-corrected chi connectivity index (χ4v) is 2.43. The molecule has 0 unspecified atom stereocenters. The summed E-state index contributed by atoms with van der Waals surface area (Å²) in [7, 11) is 0. The highest BCUT2D eigenvalue weighted by atomic mass is 32.1. The number of aromatic nitrogens is 1. The minimum atomic E-state index is -0.0666. The Balaban J connectivity index is 1.88. The van der Waals surface area contributed by atoms with E-state index in [1.54, 1.807) is 0 Å². The predicted molar refractivity (Wildman–Crippen MR) is 64.6 cm³/mol. The number of hydrogen-bond donors (Lipinski definition) is 2. The number of carbonyl (C=O) groups excluding carboxylic acids is 1. The fraction of sp³-hybridized carbons (Fsp3) is 0.600. The number of hydrogen-bond acceptors (Lipinski definition) is 5. The molecule has 0 bridgehead atoms. The molecular weight excluding hydrogens is 224 g/mol. The van der Waals surface area contributed by atoms with Crippen molar-refractivity contribution in [3.63, 3.8) is 0 Å². The normalized spacial score (nSPS) is 17.3. The van der Waals surface area contributed by atoms with Crippen molar-refractivity contribution in [1.29, 1.82) is 0 Å². The van der Waals surface area contributed by atoms with Crippen LogP contribution in [0.15, 0.2) is 5.38 Å². The Morgan fingerprint density at radius 1 is 1.62 bits per heavy atom. The number of carbonyl (C=O) groups is 1. The quantitative estimate of drug-likeness (QED) is 0.808. The number of amides is 1. The average molecular weight is 240 g/mol. The summed E-state index contributed by atoms with van der Waals surface area (Å²) in [6.07, 6.45) is 0. The van der Waals surface area contributed by atoms with Gasteiger partial charge in [0.1, 0.15) is 0 Å². The van der Waals surface area contributed by atoms with Gasteiger partial charge in [0.2, 0.25) is 5.91 Å². The van der Waals surface area contributed by atoms with Crippen LogP contribution in [0.2, 0.25) is 0 Å². The van der Waals surface area contributed by atoms with Gasteiger partial charge < -0.3 is 10.6 Å². The van der Waals surface area contributed by atoms with Gasteiger partial charge in [0.05, 0.1) is 5.69 Å². The summed E-state index contributed by atoms with van der Waals surface area (Å²) in [5.41, 5.74) is 1.04. The first kappa shape index (κ1) is 11.5. The topological polar surface area (TPSA) is 57.3 Å². The van der Waals surface area contributed by atoms with Crippen molar-refractivity contribution >= 4 is 22.4 Å². The van der Waals surface area contributed by atoms with E-state index < -0.39 is 0 Å². The maximum absolute atomic E-state index is 10.8. The molecule has 1 fully saturated rings. The molecule has 0 radical (unpaired) electrons. The van der Waals surface area contributed by atoms with E-state index in [4.69, 9.17) is 0 Å². The van der Waals surface area contributed by atoms with E-state index in [0.717, 1.165) is 38.4 Å². The van der Waals surface area contributed by atoms with E-state index >= 15 is 0 Å². The van der Waals surface area contributed by atoms with Crippen molar-refractivity contribution in [3.05, 3.63) is 11.1 Å². The fourth-order valence-electron chi connectivity index (χ4n) is 1.69. The molecule has 0 aliphatic carbocycles. The van der Waals surface area contributed by atoms with Gasteiger partial charge in [-0.1, -0.05) is 0 Å². The highest BCUT2D eigenvalue weighted by Gasteiger charge is 2.11. The monoisotopic (exact) mass is 240 g/mol. The van der Waals surface area contributed by atoms with Crippen LogP contribution < -0.4 is 10.6 Å². The Morgan fingerprint density at radius 2 is 2.38 bits per heavy atom. The van der Waals surface area contributed by atoms with Crippen molar-refractivity contribution < 1.29 is 4.79 Å². The van der Waals surface area contributed by atoms with Gasteiger partial charge in [-0.15, -0.1) is 11.3 Å². The summed E-state index contributed by atoms with van der Waals surface area (Å²) in [5, 5.41) is 8.71. The molecule has 1 saturated heterocycles. The van der Waals surface area contributed by atoms with Gasteiger partial charge in [-0.3, -0.25) is 9.69 Å². The molecule has 0 aromatic carbocycles. The smallest absolute Gasteiger partial charge is 0.223 e. The lowest BCUT2D eigenvalue weighted by atomic mass is 10.3. The highest BCUT2D eigenvalue weighted by Crippen LogP contribution is 2.16. The van der Waals surface area contributed by atoms with Crippen LogP contribution in [0.5, 0.6) is 0 Å². The minimum Gasteiger partial charge on any atom is -0.314 e. The lowest BCUT2D eigenvalue weighted by Crippen LogP contribution is -2.42. The SMILES string of the molecule is CC(=O)Nc1nc(CN2CCNCC2)cs1. The molecule has 2 rings (SSSR count). The molecule has 0 atom stereocenters. The zero-order valence-corrected chi connectivity index (χ0v) is 10.1. The van der Waals surface area contributed by atoms with Gasteiger partial charge in [-0.05, 0) is 0 Å². The molecule has 88 valence electrons. The van der Waals surface area contributed by atoms with Gasteiger partial charge in [-0.2, -0.15) is 0 Å². The Hall–Kier alpha value is -0.980. The Morgan fingerprint density at radius 3 is 3.06 bits per heavy atom. The summed E-state index contributed by atoms with van der Waals surface area (Å²) in [6.45, 7) is 6.58. The molecule has 6 heteroatoms. The second-order valence-electron chi connectivity index (χ2n) is 3.85. The summed E-state index contributed by atoms with van der Waals surface area (Å²) in [6, 6.07) is 0. The highest BCUT2D eigenvalue weighted by molar-refractivity contribution is 7.13. The second-order valence-corrected chi connectivity index (χ2v) is 4.71. The third-order valence-corrected chi connectivity index (χ3v) is 3.24. The van der Waals surface area contributed by atoms with Crippen LogP contribution in [0.25, 0.3) is 0 Å². The number of nitrogens with zero attached hydrogens (tertiary/aromatic N) is 2. The van der Waals surface area contributed by atoms with Gasteiger partial charge in [0, 0.05) is 45.0 Å². The molecule has 5 nitrogen and oxygen atoms in total. The van der Waals surface area contributed by atoms with Gasteiger partial charge in [0.25, 0.3) is 0 Å². The largest absolute Gasteiger partial charge is 0.314 e. The summed E-state index contributed by atoms with van der Waals surface area (Å²) in [5.74, 6) is -0.0666. The van der Waals surface area contributed by atoms with Crippen molar-refractivity contribution in [2.75, 3.05) is 31.5 Å². The van der Waals surface area contributed by atoms with Gasteiger partial charge >= 0.3 is 0 Å². The van der Waals surface area contributed by atoms with Crippen LogP contribution in [0, 0.1) is 0 Å². The Labute approximate surface area is 98.9 Å². The minimum absolute atomic E-state index is 0.0666. The molecule has 1 aromatic heterocycles. The summed E-state index contributed by atoms with van der Waals surface area (Å²) < 4.78 is 0. The van der Waals surface area contributed by atoms with Crippen LogP contribution >= 0.6 is 11.3 Å². The van der Waals surface area contributed by atoms with E-state index in [2.05, 4.69) is 20.5 Å². The summed E-state index contributed by atoms with van der Waals surface area (Å²) >= 11 is 1.48. The molecule has 1 aromatic rings. The van der Waals surface area contributed by atoms with Crippen molar-refractivity contribution in [1.82, 2.24) is 15.2 Å². The zero-order chi connectivity index (χ0) is 11.4. The third-order valence-electron chi connectivity index (χ3n) is 2.43. The number of anilines is 1. The Kier molecular flexibility index (Phi) is 3.87. The molecule has 1 amide bonds. The molecule has 0 spiro atoms. The maximum Gasteiger partial charge on any atom is 0.223 e. The standard InChI is InChI=1S/C10H16N4OS/c1-8(15)12-10-13-9(7-16-10)6-14-4-2-11-3-5-14/h7,11H,2-6H2,1H3,(H,12,13,15). The van der Waals surface area contributed by atoms with Crippen LogP contribution in [0.1, 0.15) is 12.6 Å². The molecule has 2 heterocycles. The van der Waals surface area contributed by atoms with Crippen LogP contribution in [-0.4, -0.2) is 42.0 Å². The number of piperazine rings is 1. The Bertz CT molecular complexity index is 359. The van der Waals surface area contributed by atoms with E-state index in [9.17, 15) is 4.79 Å². The molecule has 0 saturated carbocycles. The van der Waals surface area contributed by atoms with E-state index in [-0.39, 0.29) is 5.91 Å². The van der Waals surface area contributed by atoms with Gasteiger partial charge in [0.15, 0.2) is 5.13 Å². The van der Waals surface area contributed by atoms with Crippen LogP contribution in [0.3, 0.4) is 0 Å². The van der Waals surface area contributed by atoms with Crippen molar-refractivity contribution in [3.8, 4) is 0 Å². The number of nitrogens with one attached hydrogen (secondary N) is 2. The molecule has 16 heavy (non-hydrogen) atoms. The van der Waals surface area contributed by atoms with Crippen LogP contribution in [-0.2, 0) is 11.3 Å². The first-order chi connectivity index (χ1) is 7.74. The first-order valence-corrected chi connectivity index (χ1v) is 6.27. The van der Waals surface area contributed by atoms with Crippen LogP contribution in [0.4, 0.5) is 5.13 Å². The number of thiazole rings is 1. The predicted octanol–water partition coefficient (Wildman–Crippen LogP) is 0.507. The average Bonchev–Trinajstić information content (AvgIpc) is 2.66.